The molecule has 0 aliphatic rings. The predicted molar refractivity (Wildman–Crippen MR) is 83.5 cm³/mol. The Hall–Kier alpha value is -1.34. The molecule has 118 valence electrons. The lowest BCUT2D eigenvalue weighted by Crippen LogP contribution is -2.48. The second-order valence-corrected chi connectivity index (χ2v) is 5.93. The monoisotopic (exact) mass is 313 g/mol. The fourth-order valence-corrected chi connectivity index (χ4v) is 2.64. The van der Waals surface area contributed by atoms with Crippen LogP contribution in [0.3, 0.4) is 0 Å². The predicted octanol–water partition coefficient (Wildman–Crippen LogP) is 1.57. The van der Waals surface area contributed by atoms with Crippen LogP contribution in [0, 0.1) is 0 Å². The number of ether oxygens (including phenoxy) is 1. The summed E-state index contributed by atoms with van der Waals surface area (Å²) in [6.07, 6.45) is 4.03. The number of unbranched alkanes of at least 4 members (excludes halogenated alkanes) is 1. The third kappa shape index (κ3) is 5.89. The summed E-state index contributed by atoms with van der Waals surface area (Å²) in [7, 11) is 1.77. The van der Waals surface area contributed by atoms with Crippen LogP contribution in [0.4, 0.5) is 0 Å². The van der Waals surface area contributed by atoms with Crippen molar-refractivity contribution in [2.45, 2.75) is 43.8 Å². The summed E-state index contributed by atoms with van der Waals surface area (Å²) in [5.41, 5.74) is -0.780. The van der Waals surface area contributed by atoms with Gasteiger partial charge in [0.15, 0.2) is 5.16 Å². The van der Waals surface area contributed by atoms with Crippen LogP contribution < -0.4 is 10.9 Å². The highest BCUT2D eigenvalue weighted by Crippen LogP contribution is 2.18. The molecule has 0 aliphatic heterocycles. The SMILES string of the molecule is CCOC(=O)C(C)(CCCCSc1nccc(=O)[nH]1)NC. The highest BCUT2D eigenvalue weighted by molar-refractivity contribution is 7.99. The van der Waals surface area contributed by atoms with Crippen molar-refractivity contribution in [1.82, 2.24) is 15.3 Å². The van der Waals surface area contributed by atoms with E-state index in [4.69, 9.17) is 4.74 Å². The summed E-state index contributed by atoms with van der Waals surface area (Å²) in [6, 6.07) is 1.39. The summed E-state index contributed by atoms with van der Waals surface area (Å²) in [5.74, 6) is 0.629. The van der Waals surface area contributed by atoms with Gasteiger partial charge in [-0.2, -0.15) is 0 Å². The largest absolute Gasteiger partial charge is 0.465 e. The standard InChI is InChI=1S/C14H23N3O3S/c1-4-20-12(19)14(2,15-3)8-5-6-10-21-13-16-9-7-11(18)17-13/h7,9,15H,4-6,8,10H2,1-3H3,(H,16,17,18). The first-order chi connectivity index (χ1) is 10.0. The lowest BCUT2D eigenvalue weighted by Gasteiger charge is -2.26. The Morgan fingerprint density at radius 1 is 1.52 bits per heavy atom. The average molecular weight is 313 g/mol. The Labute approximate surface area is 129 Å². The van der Waals surface area contributed by atoms with E-state index in [9.17, 15) is 9.59 Å². The third-order valence-corrected chi connectivity index (χ3v) is 4.21. The molecular formula is C14H23N3O3S. The number of likely N-dealkylation sites (N-methyl/N-ethyl adjacent to an activating group) is 1. The number of nitrogens with zero attached hydrogens (tertiary/aromatic N) is 1. The molecule has 1 unspecified atom stereocenters. The van der Waals surface area contributed by atoms with Gasteiger partial charge in [-0.1, -0.05) is 18.2 Å². The van der Waals surface area contributed by atoms with Gasteiger partial charge in [0, 0.05) is 18.0 Å². The van der Waals surface area contributed by atoms with E-state index >= 15 is 0 Å². The Morgan fingerprint density at radius 3 is 2.90 bits per heavy atom. The van der Waals surface area contributed by atoms with Crippen molar-refractivity contribution in [3.8, 4) is 0 Å². The van der Waals surface area contributed by atoms with Crippen molar-refractivity contribution in [3.05, 3.63) is 22.6 Å². The molecule has 2 N–H and O–H groups in total. The number of aromatic nitrogens is 2. The van der Waals surface area contributed by atoms with Crippen molar-refractivity contribution < 1.29 is 9.53 Å². The van der Waals surface area contributed by atoms with E-state index in [2.05, 4.69) is 15.3 Å². The molecular weight excluding hydrogens is 290 g/mol. The number of aromatic amines is 1. The van der Waals surface area contributed by atoms with Crippen LogP contribution in [0.15, 0.2) is 22.2 Å². The van der Waals surface area contributed by atoms with Gasteiger partial charge >= 0.3 is 5.97 Å². The fraction of sp³-hybridized carbons (Fsp3) is 0.643. The maximum Gasteiger partial charge on any atom is 0.326 e. The van der Waals surface area contributed by atoms with Gasteiger partial charge in [0.1, 0.15) is 5.54 Å². The van der Waals surface area contributed by atoms with Crippen molar-refractivity contribution in [1.29, 1.82) is 0 Å². The van der Waals surface area contributed by atoms with E-state index in [0.29, 0.717) is 18.2 Å². The minimum absolute atomic E-state index is 0.141. The molecule has 1 aromatic heterocycles. The van der Waals surface area contributed by atoms with Crippen LogP contribution >= 0.6 is 11.8 Å². The first kappa shape index (κ1) is 17.7. The van der Waals surface area contributed by atoms with Crippen LogP contribution in [0.25, 0.3) is 0 Å². The first-order valence-corrected chi connectivity index (χ1v) is 8.04. The summed E-state index contributed by atoms with van der Waals surface area (Å²) in [5, 5.41) is 3.67. The van der Waals surface area contributed by atoms with Crippen LogP contribution in [-0.4, -0.2) is 40.9 Å². The minimum atomic E-state index is -0.639. The molecule has 7 heteroatoms. The first-order valence-electron chi connectivity index (χ1n) is 7.06. The van der Waals surface area contributed by atoms with E-state index in [1.54, 1.807) is 14.0 Å². The van der Waals surface area contributed by atoms with Crippen molar-refractivity contribution in [2.75, 3.05) is 19.4 Å². The highest BCUT2D eigenvalue weighted by Gasteiger charge is 2.32. The molecule has 21 heavy (non-hydrogen) atoms. The van der Waals surface area contributed by atoms with Crippen molar-refractivity contribution in [3.63, 3.8) is 0 Å². The molecule has 0 aromatic carbocycles. The molecule has 1 aromatic rings. The molecule has 0 spiro atoms. The summed E-state index contributed by atoms with van der Waals surface area (Å²) in [6.45, 7) is 4.05. The van der Waals surface area contributed by atoms with E-state index in [1.807, 2.05) is 6.92 Å². The molecule has 1 atom stereocenters. The summed E-state index contributed by atoms with van der Waals surface area (Å²) < 4.78 is 5.08. The van der Waals surface area contributed by atoms with E-state index in [0.717, 1.165) is 18.6 Å². The van der Waals surface area contributed by atoms with E-state index in [-0.39, 0.29) is 11.5 Å². The lowest BCUT2D eigenvalue weighted by molar-refractivity contribution is -0.150. The topological polar surface area (TPSA) is 84.1 Å². The molecule has 0 saturated carbocycles. The fourth-order valence-electron chi connectivity index (χ4n) is 1.79. The van der Waals surface area contributed by atoms with Gasteiger partial charge < -0.3 is 15.0 Å². The zero-order valence-electron chi connectivity index (χ0n) is 12.8. The van der Waals surface area contributed by atoms with Gasteiger partial charge in [0.2, 0.25) is 0 Å². The molecule has 1 heterocycles. The molecule has 0 saturated heterocycles. The van der Waals surface area contributed by atoms with Gasteiger partial charge in [0.25, 0.3) is 5.56 Å². The number of esters is 1. The van der Waals surface area contributed by atoms with Crippen LogP contribution in [0.1, 0.15) is 33.1 Å². The smallest absolute Gasteiger partial charge is 0.326 e. The van der Waals surface area contributed by atoms with Crippen LogP contribution in [0.5, 0.6) is 0 Å². The molecule has 0 aliphatic carbocycles. The maximum atomic E-state index is 11.9. The number of carbonyl (C=O) groups excluding carboxylic acids is 1. The Morgan fingerprint density at radius 2 is 2.29 bits per heavy atom. The maximum absolute atomic E-state index is 11.9. The molecule has 0 amide bonds. The van der Waals surface area contributed by atoms with Gasteiger partial charge in [0.05, 0.1) is 6.61 Å². The van der Waals surface area contributed by atoms with Gasteiger partial charge in [-0.15, -0.1) is 0 Å². The minimum Gasteiger partial charge on any atom is -0.465 e. The van der Waals surface area contributed by atoms with Crippen LogP contribution in [0.2, 0.25) is 0 Å². The molecule has 0 radical (unpaired) electrons. The van der Waals surface area contributed by atoms with E-state index < -0.39 is 5.54 Å². The van der Waals surface area contributed by atoms with Gasteiger partial charge in [-0.3, -0.25) is 9.59 Å². The number of carbonyl (C=O) groups is 1. The number of rotatable bonds is 9. The van der Waals surface area contributed by atoms with Crippen molar-refractivity contribution in [2.24, 2.45) is 0 Å². The molecule has 6 nitrogen and oxygen atoms in total. The Bertz CT molecular complexity index is 506. The number of thioether (sulfide) groups is 1. The lowest BCUT2D eigenvalue weighted by atomic mass is 9.95. The molecule has 1 rings (SSSR count). The summed E-state index contributed by atoms with van der Waals surface area (Å²) >= 11 is 1.51. The van der Waals surface area contributed by atoms with Gasteiger partial charge in [-0.25, -0.2) is 4.98 Å². The van der Waals surface area contributed by atoms with Gasteiger partial charge in [-0.05, 0) is 33.7 Å². The summed E-state index contributed by atoms with van der Waals surface area (Å²) in [4.78, 5) is 29.7. The number of hydrogen-bond donors (Lipinski definition) is 2. The second kappa shape index (κ2) is 8.84. The highest BCUT2D eigenvalue weighted by atomic mass is 32.2. The molecule has 0 bridgehead atoms. The second-order valence-electron chi connectivity index (χ2n) is 4.85. The van der Waals surface area contributed by atoms with E-state index in [1.165, 1.54) is 24.0 Å². The Balaban J connectivity index is 2.32. The third-order valence-electron chi connectivity index (χ3n) is 3.24. The Kier molecular flexibility index (Phi) is 7.45. The number of hydrogen-bond acceptors (Lipinski definition) is 6. The van der Waals surface area contributed by atoms with Crippen molar-refractivity contribution >= 4 is 17.7 Å². The zero-order valence-corrected chi connectivity index (χ0v) is 13.6. The molecule has 0 fully saturated rings. The number of nitrogens with one attached hydrogen (secondary N) is 2. The zero-order chi connectivity index (χ0) is 15.7. The quantitative estimate of drug-likeness (QED) is 0.312. The van der Waals surface area contributed by atoms with Crippen LogP contribution in [-0.2, 0) is 9.53 Å². The number of H-pyrrole nitrogens is 1. The normalized spacial score (nSPS) is 13.7. The average Bonchev–Trinajstić information content (AvgIpc) is 2.47.